The maximum absolute atomic E-state index is 12.5. The molecule has 4 rings (SSSR count). The Bertz CT molecular complexity index is 1370. The van der Waals surface area contributed by atoms with Gasteiger partial charge in [0, 0.05) is 12.1 Å². The van der Waals surface area contributed by atoms with Crippen molar-refractivity contribution in [3.05, 3.63) is 77.9 Å². The van der Waals surface area contributed by atoms with Gasteiger partial charge >= 0.3 is 0 Å². The quantitative estimate of drug-likeness (QED) is 0.197. The summed E-state index contributed by atoms with van der Waals surface area (Å²) in [5, 5.41) is 16.1. The Hall–Kier alpha value is -3.45. The monoisotopic (exact) mass is 485 g/mol. The Morgan fingerprint density at radius 1 is 1.00 bits per heavy atom. The van der Waals surface area contributed by atoms with Crippen molar-refractivity contribution in [3.63, 3.8) is 0 Å². The Balaban J connectivity index is 1.40. The van der Waals surface area contributed by atoms with Gasteiger partial charge in [0.2, 0.25) is 0 Å². The third kappa shape index (κ3) is 5.80. The number of nitrogens with zero attached hydrogens (tertiary/aromatic N) is 4. The number of carbonyl (C=O) groups excluding carboxylic acids is 1. The largest absolute Gasteiger partial charge is 0.302 e. The molecule has 0 aliphatic heterocycles. The van der Waals surface area contributed by atoms with E-state index in [1.54, 1.807) is 0 Å². The molecule has 4 aromatic rings. The topological polar surface area (TPSA) is 72.2 Å². The standard InChI is InChI=1S/C28H31N5OS/c1-6-33-26(21-13-15-24(16-14-21)28(3,4)5)31-32-27(33)35-18-25(34)30-29-19(2)22-12-11-20-9-7-8-10-23(20)17-22/h7-17H,6,18H2,1-5H3,(H,30,34). The molecular weight excluding hydrogens is 454 g/mol. The van der Waals surface area contributed by atoms with E-state index in [9.17, 15) is 4.79 Å². The number of thioether (sulfide) groups is 1. The zero-order valence-electron chi connectivity index (χ0n) is 20.9. The highest BCUT2D eigenvalue weighted by Gasteiger charge is 2.17. The van der Waals surface area contributed by atoms with Crippen molar-refractivity contribution in [1.29, 1.82) is 0 Å². The Labute approximate surface area is 210 Å². The first-order valence-corrected chi connectivity index (χ1v) is 12.7. The van der Waals surface area contributed by atoms with Crippen LogP contribution in [0.3, 0.4) is 0 Å². The molecule has 35 heavy (non-hydrogen) atoms. The van der Waals surface area contributed by atoms with Gasteiger partial charge in [-0.25, -0.2) is 5.43 Å². The smallest absolute Gasteiger partial charge is 0.250 e. The number of hydrazone groups is 1. The molecule has 0 saturated heterocycles. The average molecular weight is 486 g/mol. The molecule has 0 radical (unpaired) electrons. The molecule has 1 N–H and O–H groups in total. The van der Waals surface area contributed by atoms with Crippen LogP contribution in [0.1, 0.15) is 45.7 Å². The Morgan fingerprint density at radius 3 is 2.40 bits per heavy atom. The van der Waals surface area contributed by atoms with Gasteiger partial charge in [-0.05, 0) is 47.2 Å². The number of aromatic nitrogens is 3. The van der Waals surface area contributed by atoms with Gasteiger partial charge in [-0.1, -0.05) is 93.2 Å². The molecule has 7 heteroatoms. The van der Waals surface area contributed by atoms with Crippen LogP contribution in [0, 0.1) is 0 Å². The van der Waals surface area contributed by atoms with E-state index in [2.05, 4.69) is 97.0 Å². The molecule has 180 valence electrons. The van der Waals surface area contributed by atoms with Crippen molar-refractivity contribution < 1.29 is 4.79 Å². The minimum Gasteiger partial charge on any atom is -0.302 e. The summed E-state index contributed by atoms with van der Waals surface area (Å²) in [6, 6.07) is 22.8. The predicted molar refractivity (Wildman–Crippen MR) is 145 cm³/mol. The maximum Gasteiger partial charge on any atom is 0.250 e. The first kappa shape index (κ1) is 24.7. The van der Waals surface area contributed by atoms with Crippen LogP contribution >= 0.6 is 11.8 Å². The van der Waals surface area contributed by atoms with Gasteiger partial charge in [0.15, 0.2) is 11.0 Å². The predicted octanol–water partition coefficient (Wildman–Crippen LogP) is 6.05. The lowest BCUT2D eigenvalue weighted by Crippen LogP contribution is -2.21. The molecule has 0 unspecified atom stereocenters. The number of nitrogens with one attached hydrogen (secondary N) is 1. The molecule has 3 aromatic carbocycles. The normalized spacial score (nSPS) is 12.2. The van der Waals surface area contributed by atoms with E-state index in [1.807, 2.05) is 29.7 Å². The van der Waals surface area contributed by atoms with Gasteiger partial charge in [0.05, 0.1) is 11.5 Å². The number of hydrogen-bond acceptors (Lipinski definition) is 5. The summed E-state index contributed by atoms with van der Waals surface area (Å²) >= 11 is 1.36. The van der Waals surface area contributed by atoms with Gasteiger partial charge in [-0.2, -0.15) is 5.10 Å². The fourth-order valence-electron chi connectivity index (χ4n) is 3.80. The molecule has 0 aliphatic carbocycles. The summed E-state index contributed by atoms with van der Waals surface area (Å²) in [4.78, 5) is 12.5. The summed E-state index contributed by atoms with van der Waals surface area (Å²) in [7, 11) is 0. The van der Waals surface area contributed by atoms with Crippen LogP contribution in [0.5, 0.6) is 0 Å². The molecular formula is C28H31N5OS. The number of rotatable bonds is 7. The fourth-order valence-corrected chi connectivity index (χ4v) is 4.60. The SMILES string of the molecule is CCn1c(SCC(=O)NN=C(C)c2ccc3ccccc3c2)nnc1-c1ccc(C(C)(C)C)cc1. The van der Waals surface area contributed by atoms with Gasteiger partial charge in [0.25, 0.3) is 5.91 Å². The van der Waals surface area contributed by atoms with E-state index < -0.39 is 0 Å². The van der Waals surface area contributed by atoms with Gasteiger partial charge in [-0.15, -0.1) is 10.2 Å². The molecule has 1 amide bonds. The van der Waals surface area contributed by atoms with E-state index in [0.29, 0.717) is 11.7 Å². The molecule has 0 aliphatic rings. The number of amides is 1. The van der Waals surface area contributed by atoms with Crippen LogP contribution in [0.2, 0.25) is 0 Å². The summed E-state index contributed by atoms with van der Waals surface area (Å²) in [5.41, 5.74) is 6.78. The average Bonchev–Trinajstić information content (AvgIpc) is 3.28. The molecule has 0 bridgehead atoms. The van der Waals surface area contributed by atoms with Crippen molar-refractivity contribution in [1.82, 2.24) is 20.2 Å². The number of benzene rings is 3. The molecule has 1 heterocycles. The zero-order chi connectivity index (χ0) is 25.0. The molecule has 0 saturated carbocycles. The molecule has 0 spiro atoms. The molecule has 0 atom stereocenters. The maximum atomic E-state index is 12.5. The van der Waals surface area contributed by atoms with Crippen LogP contribution in [-0.2, 0) is 16.8 Å². The molecule has 1 aromatic heterocycles. The zero-order valence-corrected chi connectivity index (χ0v) is 21.7. The summed E-state index contributed by atoms with van der Waals surface area (Å²) in [6.07, 6.45) is 0. The van der Waals surface area contributed by atoms with Crippen LogP contribution in [0.4, 0.5) is 0 Å². The van der Waals surface area contributed by atoms with Crippen LogP contribution in [0.15, 0.2) is 77.0 Å². The summed E-state index contributed by atoms with van der Waals surface area (Å²) < 4.78 is 2.04. The van der Waals surface area contributed by atoms with Crippen molar-refractivity contribution in [2.75, 3.05) is 5.75 Å². The highest BCUT2D eigenvalue weighted by Crippen LogP contribution is 2.27. The van der Waals surface area contributed by atoms with E-state index in [4.69, 9.17) is 0 Å². The van der Waals surface area contributed by atoms with Crippen LogP contribution < -0.4 is 5.43 Å². The van der Waals surface area contributed by atoms with Gasteiger partial charge in [0.1, 0.15) is 0 Å². The van der Waals surface area contributed by atoms with Crippen LogP contribution in [-0.4, -0.2) is 32.1 Å². The van der Waals surface area contributed by atoms with E-state index in [1.165, 1.54) is 22.7 Å². The second kappa shape index (κ2) is 10.4. The van der Waals surface area contributed by atoms with Gasteiger partial charge in [-0.3, -0.25) is 4.79 Å². The van der Waals surface area contributed by atoms with Crippen molar-refractivity contribution in [2.24, 2.45) is 5.10 Å². The Kier molecular flexibility index (Phi) is 7.36. The van der Waals surface area contributed by atoms with E-state index >= 15 is 0 Å². The van der Waals surface area contributed by atoms with Crippen molar-refractivity contribution >= 4 is 34.2 Å². The third-order valence-electron chi connectivity index (χ3n) is 5.89. The number of carbonyl (C=O) groups is 1. The summed E-state index contributed by atoms with van der Waals surface area (Å²) in [5.74, 6) is 0.827. The first-order valence-electron chi connectivity index (χ1n) is 11.8. The molecule has 6 nitrogen and oxygen atoms in total. The van der Waals surface area contributed by atoms with E-state index in [0.717, 1.165) is 28.0 Å². The number of fused-ring (bicyclic) bond motifs is 1. The highest BCUT2D eigenvalue weighted by atomic mass is 32.2. The highest BCUT2D eigenvalue weighted by molar-refractivity contribution is 7.99. The van der Waals surface area contributed by atoms with Crippen LogP contribution in [0.25, 0.3) is 22.2 Å². The summed E-state index contributed by atoms with van der Waals surface area (Å²) in [6.45, 7) is 11.3. The van der Waals surface area contributed by atoms with Crippen molar-refractivity contribution in [2.45, 2.75) is 51.7 Å². The molecule has 0 fully saturated rings. The lowest BCUT2D eigenvalue weighted by molar-refractivity contribution is -0.118. The minimum atomic E-state index is -0.183. The lowest BCUT2D eigenvalue weighted by Gasteiger charge is -2.19. The fraction of sp³-hybridized carbons (Fsp3) is 0.286. The lowest BCUT2D eigenvalue weighted by atomic mass is 9.87. The minimum absolute atomic E-state index is 0.0977. The Morgan fingerprint density at radius 2 is 1.71 bits per heavy atom. The van der Waals surface area contributed by atoms with Gasteiger partial charge < -0.3 is 4.57 Å². The second-order valence-corrected chi connectivity index (χ2v) is 10.4. The third-order valence-corrected chi connectivity index (χ3v) is 6.86. The first-order chi connectivity index (χ1) is 16.8. The number of hydrogen-bond donors (Lipinski definition) is 1. The van der Waals surface area contributed by atoms with Crippen molar-refractivity contribution in [3.8, 4) is 11.4 Å². The van der Waals surface area contributed by atoms with E-state index in [-0.39, 0.29) is 17.1 Å². The second-order valence-electron chi connectivity index (χ2n) is 9.46.